The van der Waals surface area contributed by atoms with Crippen LogP contribution >= 0.6 is 0 Å². The third-order valence-corrected chi connectivity index (χ3v) is 3.40. The van der Waals surface area contributed by atoms with Crippen molar-refractivity contribution in [2.75, 3.05) is 13.1 Å². The van der Waals surface area contributed by atoms with E-state index in [4.69, 9.17) is 5.73 Å². The van der Waals surface area contributed by atoms with Crippen LogP contribution in [0.4, 0.5) is 0 Å². The number of hydrogen-bond donors (Lipinski definition) is 1. The van der Waals surface area contributed by atoms with E-state index >= 15 is 0 Å². The molecule has 1 saturated heterocycles. The summed E-state index contributed by atoms with van der Waals surface area (Å²) in [6, 6.07) is 2.49. The summed E-state index contributed by atoms with van der Waals surface area (Å²) in [6.45, 7) is 2.12. The fourth-order valence-electron chi connectivity index (χ4n) is 2.53. The van der Waals surface area contributed by atoms with E-state index in [0.717, 1.165) is 6.54 Å². The van der Waals surface area contributed by atoms with E-state index in [1.54, 1.807) is 0 Å². The largest absolute Gasteiger partial charge is 0.359 e. The van der Waals surface area contributed by atoms with Crippen molar-refractivity contribution in [2.45, 2.75) is 37.6 Å². The number of nitrogens with two attached hydrogens (primary N) is 1. The summed E-state index contributed by atoms with van der Waals surface area (Å²) in [5.74, 6) is 2.97. The lowest BCUT2D eigenvalue weighted by Gasteiger charge is -2.45. The van der Waals surface area contributed by atoms with Gasteiger partial charge in [0.2, 0.25) is 0 Å². The molecule has 12 heavy (non-hydrogen) atoms. The van der Waals surface area contributed by atoms with Crippen molar-refractivity contribution >= 4 is 0 Å². The van der Waals surface area contributed by atoms with Crippen molar-refractivity contribution in [1.29, 1.82) is 0 Å². The summed E-state index contributed by atoms with van der Waals surface area (Å²) in [6.07, 6.45) is 6.93. The molecule has 0 bridgehead atoms. The van der Waals surface area contributed by atoms with Gasteiger partial charge < -0.3 is 5.73 Å². The molecular weight excluding hydrogens is 148 g/mol. The zero-order valence-electron chi connectivity index (χ0n) is 7.47. The zero-order chi connectivity index (χ0) is 8.44. The van der Waals surface area contributed by atoms with E-state index in [1.165, 1.54) is 38.6 Å². The van der Waals surface area contributed by atoms with E-state index in [-0.39, 0.29) is 0 Å². The van der Waals surface area contributed by atoms with Gasteiger partial charge in [-0.05, 0) is 38.6 Å². The Hall–Kier alpha value is -0.680. The van der Waals surface area contributed by atoms with Crippen molar-refractivity contribution in [2.24, 2.45) is 5.73 Å². The highest BCUT2D eigenvalue weighted by Crippen LogP contribution is 2.44. The summed E-state index contributed by atoms with van der Waals surface area (Å²) < 4.78 is 0. The molecule has 0 radical (unpaired) electrons. The highest BCUT2D eigenvalue weighted by atomic mass is 15.2. The molecule has 2 fully saturated rings. The van der Waals surface area contributed by atoms with Crippen LogP contribution in [0.3, 0.4) is 0 Å². The third kappa shape index (κ3) is 1.09. The molecule has 2 N–H and O–H groups in total. The maximum atomic E-state index is 5.17. The Balaban J connectivity index is 1.98. The smallest absolute Gasteiger partial charge is 0.0624 e. The Morgan fingerprint density at radius 2 is 2.00 bits per heavy atom. The lowest BCUT2D eigenvalue weighted by Crippen LogP contribution is -2.49. The van der Waals surface area contributed by atoms with Crippen LogP contribution in [0.1, 0.15) is 32.1 Å². The second-order valence-corrected chi connectivity index (χ2v) is 3.92. The second kappa shape index (κ2) is 2.99. The SMILES string of the molecule is NC#CCN1CCCC12CCC2. The number of rotatable bonds is 1. The topological polar surface area (TPSA) is 29.3 Å². The minimum atomic E-state index is 0.559. The average molecular weight is 164 g/mol. The van der Waals surface area contributed by atoms with Crippen LogP contribution in [0.5, 0.6) is 0 Å². The van der Waals surface area contributed by atoms with Crippen molar-refractivity contribution in [3.05, 3.63) is 0 Å². The van der Waals surface area contributed by atoms with Gasteiger partial charge in [-0.15, -0.1) is 0 Å². The van der Waals surface area contributed by atoms with Crippen LogP contribution in [-0.2, 0) is 0 Å². The van der Waals surface area contributed by atoms with Crippen LogP contribution in [0.25, 0.3) is 0 Å². The molecule has 1 spiro atoms. The average Bonchev–Trinajstić information content (AvgIpc) is 2.42. The van der Waals surface area contributed by atoms with Gasteiger partial charge >= 0.3 is 0 Å². The van der Waals surface area contributed by atoms with Gasteiger partial charge in [0.25, 0.3) is 0 Å². The summed E-state index contributed by atoms with van der Waals surface area (Å²) >= 11 is 0. The molecule has 0 aromatic rings. The van der Waals surface area contributed by atoms with E-state index < -0.39 is 0 Å². The van der Waals surface area contributed by atoms with Crippen molar-refractivity contribution in [1.82, 2.24) is 4.90 Å². The molecule has 1 heterocycles. The van der Waals surface area contributed by atoms with Crippen LogP contribution in [0, 0.1) is 12.0 Å². The van der Waals surface area contributed by atoms with Crippen LogP contribution in [0.2, 0.25) is 0 Å². The van der Waals surface area contributed by atoms with Crippen LogP contribution < -0.4 is 5.73 Å². The van der Waals surface area contributed by atoms with Gasteiger partial charge in [0.05, 0.1) is 6.54 Å². The molecule has 2 aliphatic rings. The fourth-order valence-corrected chi connectivity index (χ4v) is 2.53. The van der Waals surface area contributed by atoms with Crippen molar-refractivity contribution in [3.63, 3.8) is 0 Å². The van der Waals surface area contributed by atoms with E-state index in [9.17, 15) is 0 Å². The van der Waals surface area contributed by atoms with Gasteiger partial charge in [-0.25, -0.2) is 0 Å². The molecule has 2 heteroatoms. The molecule has 1 aliphatic carbocycles. The standard InChI is InChI=1S/C10H16N2/c11-7-3-9-12-8-2-6-10(12)4-1-5-10/h1-2,4-6,8-9,11H2. The van der Waals surface area contributed by atoms with E-state index in [1.807, 2.05) is 0 Å². The minimum absolute atomic E-state index is 0.559. The van der Waals surface area contributed by atoms with E-state index in [2.05, 4.69) is 16.9 Å². The Kier molecular flexibility index (Phi) is 1.98. The minimum Gasteiger partial charge on any atom is -0.359 e. The zero-order valence-corrected chi connectivity index (χ0v) is 7.47. The summed E-state index contributed by atoms with van der Waals surface area (Å²) in [5.41, 5.74) is 5.73. The maximum absolute atomic E-state index is 5.17. The molecular formula is C10H16N2. The second-order valence-electron chi connectivity index (χ2n) is 3.92. The van der Waals surface area contributed by atoms with Gasteiger partial charge in [0.1, 0.15) is 0 Å². The molecule has 2 rings (SSSR count). The highest BCUT2D eigenvalue weighted by Gasteiger charge is 2.44. The first-order valence-electron chi connectivity index (χ1n) is 4.81. The first kappa shape index (κ1) is 7.94. The maximum Gasteiger partial charge on any atom is 0.0624 e. The normalized spacial score (nSPS) is 26.3. The Morgan fingerprint density at radius 3 is 2.58 bits per heavy atom. The number of hydrogen-bond acceptors (Lipinski definition) is 2. The van der Waals surface area contributed by atoms with Gasteiger partial charge in [0, 0.05) is 11.6 Å². The van der Waals surface area contributed by atoms with Crippen LogP contribution in [0.15, 0.2) is 0 Å². The molecule has 66 valence electrons. The molecule has 2 nitrogen and oxygen atoms in total. The van der Waals surface area contributed by atoms with Gasteiger partial charge in [0.15, 0.2) is 0 Å². The first-order valence-corrected chi connectivity index (χ1v) is 4.81. The third-order valence-electron chi connectivity index (χ3n) is 3.40. The molecule has 0 atom stereocenters. The monoisotopic (exact) mass is 164 g/mol. The Morgan fingerprint density at radius 1 is 1.25 bits per heavy atom. The molecule has 1 aliphatic heterocycles. The summed E-state index contributed by atoms with van der Waals surface area (Å²) in [7, 11) is 0. The lowest BCUT2D eigenvalue weighted by molar-refractivity contribution is 0.0684. The quantitative estimate of drug-likeness (QED) is 0.461. The van der Waals surface area contributed by atoms with Crippen molar-refractivity contribution in [3.8, 4) is 12.0 Å². The molecule has 0 amide bonds. The number of likely N-dealkylation sites (tertiary alicyclic amines) is 1. The molecule has 0 aromatic carbocycles. The molecule has 0 aromatic heterocycles. The predicted octanol–water partition coefficient (Wildman–Crippen LogP) is 0.924. The summed E-state index contributed by atoms with van der Waals surface area (Å²) in [4.78, 5) is 2.52. The van der Waals surface area contributed by atoms with Gasteiger partial charge in [-0.3, -0.25) is 4.90 Å². The van der Waals surface area contributed by atoms with E-state index in [0.29, 0.717) is 5.54 Å². The highest BCUT2D eigenvalue weighted by molar-refractivity contribution is 5.07. The summed E-state index contributed by atoms with van der Waals surface area (Å²) in [5, 5.41) is 0. The predicted molar refractivity (Wildman–Crippen MR) is 49.4 cm³/mol. The van der Waals surface area contributed by atoms with Gasteiger partial charge in [-0.1, -0.05) is 5.92 Å². The molecule has 1 saturated carbocycles. The lowest BCUT2D eigenvalue weighted by atomic mass is 9.75. The fraction of sp³-hybridized carbons (Fsp3) is 0.800. The Bertz CT molecular complexity index is 220. The van der Waals surface area contributed by atoms with Gasteiger partial charge in [-0.2, -0.15) is 0 Å². The van der Waals surface area contributed by atoms with Crippen LogP contribution in [-0.4, -0.2) is 23.5 Å². The number of nitrogens with zero attached hydrogens (tertiary/aromatic N) is 1. The Labute approximate surface area is 74.1 Å². The first-order chi connectivity index (χ1) is 5.87. The van der Waals surface area contributed by atoms with Crippen molar-refractivity contribution < 1.29 is 0 Å². The molecule has 0 unspecified atom stereocenters.